The van der Waals surface area contributed by atoms with E-state index >= 15 is 0 Å². The van der Waals surface area contributed by atoms with Crippen LogP contribution in [0.5, 0.6) is 0 Å². The van der Waals surface area contributed by atoms with Crippen molar-refractivity contribution >= 4 is 27.5 Å². The number of rotatable bonds is 7. The van der Waals surface area contributed by atoms with Gasteiger partial charge in [-0.15, -0.1) is 0 Å². The van der Waals surface area contributed by atoms with Gasteiger partial charge in [0.25, 0.3) is 15.9 Å². The molecular formula is C21H27N5O4S. The third-order valence-electron chi connectivity index (χ3n) is 4.82. The maximum atomic E-state index is 12.8. The molecule has 0 spiro atoms. The molecule has 1 aliphatic heterocycles. The van der Waals surface area contributed by atoms with Crippen LogP contribution in [0.3, 0.4) is 0 Å². The summed E-state index contributed by atoms with van der Waals surface area (Å²) in [5, 5.41) is 2.86. The van der Waals surface area contributed by atoms with Gasteiger partial charge in [-0.1, -0.05) is 0 Å². The van der Waals surface area contributed by atoms with Gasteiger partial charge in [-0.25, -0.2) is 8.42 Å². The lowest BCUT2D eigenvalue weighted by Gasteiger charge is -2.34. The third kappa shape index (κ3) is 6.25. The highest BCUT2D eigenvalue weighted by Crippen LogP contribution is 2.17. The molecule has 2 heterocycles. The van der Waals surface area contributed by atoms with E-state index in [2.05, 4.69) is 15.0 Å². The van der Waals surface area contributed by atoms with E-state index in [0.29, 0.717) is 44.0 Å². The molecule has 0 bridgehead atoms. The van der Waals surface area contributed by atoms with Crippen LogP contribution in [0.1, 0.15) is 24.2 Å². The Labute approximate surface area is 182 Å². The van der Waals surface area contributed by atoms with Crippen molar-refractivity contribution in [1.82, 2.24) is 20.1 Å². The monoisotopic (exact) mass is 445 g/mol. The second kappa shape index (κ2) is 9.88. The van der Waals surface area contributed by atoms with Crippen molar-refractivity contribution in [3.8, 4) is 0 Å². The molecule has 2 amide bonds. The zero-order valence-electron chi connectivity index (χ0n) is 17.6. The first-order valence-electron chi connectivity index (χ1n) is 10.1. The number of pyridine rings is 1. The average molecular weight is 446 g/mol. The highest BCUT2D eigenvalue weighted by molar-refractivity contribution is 7.92. The van der Waals surface area contributed by atoms with Gasteiger partial charge in [0.15, 0.2) is 0 Å². The molecule has 166 valence electrons. The molecule has 1 fully saturated rings. The molecule has 3 rings (SSSR count). The second-order valence-corrected chi connectivity index (χ2v) is 9.34. The SMILES string of the molecule is CC(C)NC(=O)CN1CCN(C(=O)c2ccc(S(=O)(=O)Nc3ccncc3)cc2)CC1. The zero-order valence-corrected chi connectivity index (χ0v) is 18.4. The minimum atomic E-state index is -3.76. The predicted octanol–water partition coefficient (Wildman–Crippen LogP) is 1.16. The summed E-state index contributed by atoms with van der Waals surface area (Å²) in [6.45, 7) is 6.39. The first-order valence-corrected chi connectivity index (χ1v) is 11.6. The number of benzene rings is 1. The van der Waals surface area contributed by atoms with E-state index in [1.165, 1.54) is 36.7 Å². The van der Waals surface area contributed by atoms with Crippen LogP contribution in [0.4, 0.5) is 5.69 Å². The van der Waals surface area contributed by atoms with Crippen molar-refractivity contribution in [2.24, 2.45) is 0 Å². The topological polar surface area (TPSA) is 112 Å². The highest BCUT2D eigenvalue weighted by atomic mass is 32.2. The quantitative estimate of drug-likeness (QED) is 0.662. The van der Waals surface area contributed by atoms with Gasteiger partial charge in [0.1, 0.15) is 0 Å². The van der Waals surface area contributed by atoms with Gasteiger partial charge in [-0.3, -0.25) is 24.2 Å². The smallest absolute Gasteiger partial charge is 0.261 e. The normalized spacial score (nSPS) is 15.0. The third-order valence-corrected chi connectivity index (χ3v) is 6.22. The van der Waals surface area contributed by atoms with Gasteiger partial charge in [-0.05, 0) is 50.2 Å². The summed E-state index contributed by atoms with van der Waals surface area (Å²) < 4.78 is 27.5. The van der Waals surface area contributed by atoms with Crippen LogP contribution in [0, 0.1) is 0 Å². The van der Waals surface area contributed by atoms with Crippen molar-refractivity contribution in [2.45, 2.75) is 24.8 Å². The lowest BCUT2D eigenvalue weighted by Crippen LogP contribution is -2.51. The number of nitrogens with one attached hydrogen (secondary N) is 2. The predicted molar refractivity (Wildman–Crippen MR) is 117 cm³/mol. The van der Waals surface area contributed by atoms with Gasteiger partial charge in [0.2, 0.25) is 5.91 Å². The molecule has 2 N–H and O–H groups in total. The maximum Gasteiger partial charge on any atom is 0.261 e. The number of amides is 2. The van der Waals surface area contributed by atoms with Crippen molar-refractivity contribution in [3.63, 3.8) is 0 Å². The molecule has 31 heavy (non-hydrogen) atoms. The molecule has 9 nitrogen and oxygen atoms in total. The molecule has 2 aromatic rings. The fourth-order valence-corrected chi connectivity index (χ4v) is 4.33. The van der Waals surface area contributed by atoms with Crippen LogP contribution >= 0.6 is 0 Å². The van der Waals surface area contributed by atoms with E-state index in [-0.39, 0.29) is 22.8 Å². The molecule has 1 saturated heterocycles. The van der Waals surface area contributed by atoms with Crippen molar-refractivity contribution in [3.05, 3.63) is 54.4 Å². The number of hydrogen-bond acceptors (Lipinski definition) is 6. The molecular weight excluding hydrogens is 418 g/mol. The minimum Gasteiger partial charge on any atom is -0.353 e. The standard InChI is InChI=1S/C21H27N5O4S/c1-16(2)23-20(27)15-25-11-13-26(14-12-25)21(28)17-3-5-19(6-4-17)31(29,30)24-18-7-9-22-10-8-18/h3-10,16H,11-15H2,1-2H3,(H,22,24)(H,23,27). The summed E-state index contributed by atoms with van der Waals surface area (Å²) >= 11 is 0. The van der Waals surface area contributed by atoms with Gasteiger partial charge < -0.3 is 10.2 Å². The number of carbonyl (C=O) groups excluding carboxylic acids is 2. The van der Waals surface area contributed by atoms with Crippen LogP contribution < -0.4 is 10.0 Å². The fraction of sp³-hybridized carbons (Fsp3) is 0.381. The summed E-state index contributed by atoms with van der Waals surface area (Å²) in [7, 11) is -3.76. The van der Waals surface area contributed by atoms with E-state index in [0.717, 1.165) is 0 Å². The summed E-state index contributed by atoms with van der Waals surface area (Å²) in [6, 6.07) is 9.09. The van der Waals surface area contributed by atoms with Crippen LogP contribution in [0.2, 0.25) is 0 Å². The largest absolute Gasteiger partial charge is 0.353 e. The molecule has 10 heteroatoms. The molecule has 1 aliphatic rings. The van der Waals surface area contributed by atoms with Crippen molar-refractivity contribution in [1.29, 1.82) is 0 Å². The first kappa shape index (κ1) is 22.7. The lowest BCUT2D eigenvalue weighted by molar-refractivity contribution is -0.123. The number of nitrogens with zero attached hydrogens (tertiary/aromatic N) is 3. The maximum absolute atomic E-state index is 12.8. The summed E-state index contributed by atoms with van der Waals surface area (Å²) in [5.41, 5.74) is 0.837. The number of hydrogen-bond donors (Lipinski definition) is 2. The second-order valence-electron chi connectivity index (χ2n) is 7.66. The molecule has 0 aliphatic carbocycles. The Morgan fingerprint density at radius 3 is 2.19 bits per heavy atom. The molecule has 0 radical (unpaired) electrons. The number of carbonyl (C=O) groups is 2. The van der Waals surface area contributed by atoms with Crippen molar-refractivity contribution < 1.29 is 18.0 Å². The minimum absolute atomic E-state index is 0.0213. The summed E-state index contributed by atoms with van der Waals surface area (Å²) in [4.78, 5) is 32.3. The molecule has 0 unspecified atom stereocenters. The zero-order chi connectivity index (χ0) is 22.4. The van der Waals surface area contributed by atoms with Gasteiger partial charge >= 0.3 is 0 Å². The van der Waals surface area contributed by atoms with Crippen molar-refractivity contribution in [2.75, 3.05) is 37.4 Å². The van der Waals surface area contributed by atoms with Gasteiger partial charge in [0, 0.05) is 50.2 Å². The first-order chi connectivity index (χ1) is 14.7. The molecule has 1 aromatic carbocycles. The van der Waals surface area contributed by atoms with Gasteiger partial charge in [-0.2, -0.15) is 0 Å². The van der Waals surface area contributed by atoms with Gasteiger partial charge in [0.05, 0.1) is 17.1 Å². The number of sulfonamides is 1. The van der Waals surface area contributed by atoms with E-state index in [9.17, 15) is 18.0 Å². The Morgan fingerprint density at radius 2 is 1.61 bits per heavy atom. The summed E-state index contributed by atoms with van der Waals surface area (Å²) in [5.74, 6) is -0.177. The Hall–Kier alpha value is -2.98. The Kier molecular flexibility index (Phi) is 7.24. The Morgan fingerprint density at radius 1 is 1.00 bits per heavy atom. The van der Waals surface area contributed by atoms with Crippen LogP contribution in [-0.2, 0) is 14.8 Å². The molecule has 0 atom stereocenters. The van der Waals surface area contributed by atoms with Crippen LogP contribution in [0.15, 0.2) is 53.7 Å². The average Bonchev–Trinajstić information content (AvgIpc) is 2.74. The van der Waals surface area contributed by atoms with E-state index in [1.807, 2.05) is 18.7 Å². The number of piperazine rings is 1. The number of aromatic nitrogens is 1. The Bertz CT molecular complexity index is 1000. The fourth-order valence-electron chi connectivity index (χ4n) is 3.27. The van der Waals surface area contributed by atoms with Crippen LogP contribution in [0.25, 0.3) is 0 Å². The number of anilines is 1. The van der Waals surface area contributed by atoms with E-state index in [4.69, 9.17) is 0 Å². The van der Waals surface area contributed by atoms with E-state index in [1.54, 1.807) is 17.0 Å². The molecule has 0 saturated carbocycles. The molecule has 1 aromatic heterocycles. The van der Waals surface area contributed by atoms with E-state index < -0.39 is 10.0 Å². The lowest BCUT2D eigenvalue weighted by atomic mass is 10.2. The Balaban J connectivity index is 1.57. The van der Waals surface area contributed by atoms with Crippen LogP contribution in [-0.4, -0.2) is 73.8 Å². The highest BCUT2D eigenvalue weighted by Gasteiger charge is 2.24. The summed E-state index contributed by atoms with van der Waals surface area (Å²) in [6.07, 6.45) is 2.99.